The molecule has 4 rings (SSSR count). The van der Waals surface area contributed by atoms with Crippen LogP contribution in [0.2, 0.25) is 0 Å². The molecule has 1 fully saturated rings. The molecule has 2 aromatic carbocycles. The van der Waals surface area contributed by atoms with Crippen molar-refractivity contribution in [3.63, 3.8) is 0 Å². The molecule has 8 heteroatoms. The van der Waals surface area contributed by atoms with Gasteiger partial charge in [0.05, 0.1) is 38.6 Å². The maximum Gasteiger partial charge on any atom is 0.191 e. The smallest absolute Gasteiger partial charge is 0.191 e. The van der Waals surface area contributed by atoms with E-state index in [9.17, 15) is 0 Å². The molecule has 2 N–H and O–H groups in total. The number of nitrogens with one attached hydrogen (secondary N) is 2. The lowest BCUT2D eigenvalue weighted by atomic mass is 10.0. The van der Waals surface area contributed by atoms with Gasteiger partial charge in [-0.25, -0.2) is 4.99 Å². The minimum atomic E-state index is 0. The van der Waals surface area contributed by atoms with Crippen LogP contribution in [0.3, 0.4) is 0 Å². The Morgan fingerprint density at radius 1 is 1.09 bits per heavy atom. The van der Waals surface area contributed by atoms with Gasteiger partial charge in [0.25, 0.3) is 0 Å². The van der Waals surface area contributed by atoms with Crippen molar-refractivity contribution in [2.24, 2.45) is 4.99 Å². The molecule has 1 aliphatic rings. The van der Waals surface area contributed by atoms with Crippen LogP contribution >= 0.6 is 24.0 Å². The van der Waals surface area contributed by atoms with Crippen molar-refractivity contribution >= 4 is 40.7 Å². The maximum absolute atomic E-state index is 5.58. The van der Waals surface area contributed by atoms with Gasteiger partial charge in [0.1, 0.15) is 5.75 Å². The van der Waals surface area contributed by atoms with E-state index >= 15 is 0 Å². The third-order valence-electron chi connectivity index (χ3n) is 5.94. The minimum absolute atomic E-state index is 0. The van der Waals surface area contributed by atoms with Gasteiger partial charge >= 0.3 is 0 Å². The Kier molecular flexibility index (Phi) is 10.4. The van der Waals surface area contributed by atoms with Crippen molar-refractivity contribution in [3.05, 3.63) is 72.1 Å². The zero-order valence-electron chi connectivity index (χ0n) is 19.9. The minimum Gasteiger partial charge on any atom is -0.497 e. The Morgan fingerprint density at radius 2 is 1.85 bits per heavy atom. The number of nitrogens with zero attached hydrogens (tertiary/aromatic N) is 3. The quantitative estimate of drug-likeness (QED) is 0.241. The molecular weight excluding hydrogens is 541 g/mol. The highest BCUT2D eigenvalue weighted by Gasteiger charge is 2.23. The van der Waals surface area contributed by atoms with Crippen LogP contribution in [0.15, 0.2) is 65.8 Å². The van der Waals surface area contributed by atoms with Crippen LogP contribution in [0.4, 0.5) is 0 Å². The summed E-state index contributed by atoms with van der Waals surface area (Å²) in [4.78, 5) is 11.9. The maximum atomic E-state index is 5.58. The van der Waals surface area contributed by atoms with Crippen LogP contribution in [0.1, 0.15) is 24.2 Å². The Balaban J connectivity index is 0.00000324. The fraction of sp³-hybridized carbons (Fsp3) is 0.385. The van der Waals surface area contributed by atoms with Gasteiger partial charge in [-0.3, -0.25) is 9.88 Å². The van der Waals surface area contributed by atoms with Crippen molar-refractivity contribution in [3.8, 4) is 5.75 Å². The van der Waals surface area contributed by atoms with Crippen LogP contribution in [0, 0.1) is 0 Å². The van der Waals surface area contributed by atoms with Gasteiger partial charge in [0, 0.05) is 37.8 Å². The zero-order valence-corrected chi connectivity index (χ0v) is 22.2. The van der Waals surface area contributed by atoms with Crippen molar-refractivity contribution < 1.29 is 9.47 Å². The number of pyridine rings is 1. The third-order valence-corrected chi connectivity index (χ3v) is 5.94. The molecule has 1 aromatic heterocycles. The Bertz CT molecular complexity index is 1050. The molecule has 2 heterocycles. The molecule has 0 amide bonds. The topological polar surface area (TPSA) is 71.0 Å². The van der Waals surface area contributed by atoms with Gasteiger partial charge in [-0.1, -0.05) is 36.4 Å². The highest BCUT2D eigenvalue weighted by atomic mass is 127. The average molecular weight is 575 g/mol. The van der Waals surface area contributed by atoms with Crippen LogP contribution in [0.5, 0.6) is 5.75 Å². The molecule has 0 saturated carbocycles. The summed E-state index contributed by atoms with van der Waals surface area (Å²) in [5, 5.41) is 9.26. The van der Waals surface area contributed by atoms with Crippen molar-refractivity contribution in [1.82, 2.24) is 20.5 Å². The molecule has 0 radical (unpaired) electrons. The van der Waals surface area contributed by atoms with Crippen molar-refractivity contribution in [2.45, 2.75) is 19.5 Å². The van der Waals surface area contributed by atoms with Crippen LogP contribution < -0.4 is 15.4 Å². The summed E-state index contributed by atoms with van der Waals surface area (Å²) in [6, 6.07) is 18.9. The number of benzene rings is 2. The third kappa shape index (κ3) is 6.80. The second-order valence-electron chi connectivity index (χ2n) is 7.99. The monoisotopic (exact) mass is 575 g/mol. The summed E-state index contributed by atoms with van der Waals surface area (Å²) >= 11 is 0. The Labute approximate surface area is 219 Å². The van der Waals surface area contributed by atoms with E-state index in [2.05, 4.69) is 51.7 Å². The largest absolute Gasteiger partial charge is 0.497 e. The molecule has 0 aliphatic carbocycles. The second kappa shape index (κ2) is 13.5. The number of ether oxygens (including phenoxy) is 2. The van der Waals surface area contributed by atoms with Crippen molar-refractivity contribution in [2.75, 3.05) is 46.5 Å². The summed E-state index contributed by atoms with van der Waals surface area (Å²) < 4.78 is 10.9. The number of aromatic nitrogens is 1. The van der Waals surface area contributed by atoms with E-state index in [-0.39, 0.29) is 30.0 Å². The molecule has 7 nitrogen and oxygen atoms in total. The van der Waals surface area contributed by atoms with Crippen LogP contribution in [0.25, 0.3) is 10.8 Å². The average Bonchev–Trinajstić information content (AvgIpc) is 2.88. The predicted octanol–water partition coefficient (Wildman–Crippen LogP) is 3.99. The predicted molar refractivity (Wildman–Crippen MR) is 148 cm³/mol. The van der Waals surface area contributed by atoms with Gasteiger partial charge in [0.2, 0.25) is 0 Å². The van der Waals surface area contributed by atoms with Gasteiger partial charge < -0.3 is 20.1 Å². The summed E-state index contributed by atoms with van der Waals surface area (Å²) in [5.74, 6) is 1.66. The summed E-state index contributed by atoms with van der Waals surface area (Å²) in [5.41, 5.74) is 2.22. The molecule has 0 spiro atoms. The van der Waals surface area contributed by atoms with Crippen molar-refractivity contribution in [1.29, 1.82) is 0 Å². The molecule has 182 valence electrons. The second-order valence-corrected chi connectivity index (χ2v) is 7.99. The number of hydrogen-bond acceptors (Lipinski definition) is 5. The van der Waals surface area contributed by atoms with Gasteiger partial charge in [-0.15, -0.1) is 24.0 Å². The van der Waals surface area contributed by atoms with E-state index in [1.807, 2.05) is 36.5 Å². The van der Waals surface area contributed by atoms with Gasteiger partial charge in [0.15, 0.2) is 5.96 Å². The van der Waals surface area contributed by atoms with E-state index in [1.54, 1.807) is 7.11 Å². The van der Waals surface area contributed by atoms with Crippen LogP contribution in [-0.2, 0) is 11.3 Å². The number of halogens is 1. The lowest BCUT2D eigenvalue weighted by molar-refractivity contribution is 0.0170. The zero-order chi connectivity index (χ0) is 22.9. The van der Waals surface area contributed by atoms with Crippen LogP contribution in [-0.4, -0.2) is 62.3 Å². The lowest BCUT2D eigenvalue weighted by Crippen LogP contribution is -2.46. The van der Waals surface area contributed by atoms with Gasteiger partial charge in [-0.2, -0.15) is 0 Å². The molecule has 34 heavy (non-hydrogen) atoms. The molecular formula is C26H34IN5O2. The first-order valence-corrected chi connectivity index (χ1v) is 11.6. The number of morpholine rings is 1. The number of hydrogen-bond donors (Lipinski definition) is 2. The molecule has 1 saturated heterocycles. The number of methoxy groups -OCH3 is 1. The fourth-order valence-corrected chi connectivity index (χ4v) is 4.17. The number of guanidine groups is 1. The molecule has 1 unspecified atom stereocenters. The molecule has 0 bridgehead atoms. The summed E-state index contributed by atoms with van der Waals surface area (Å²) in [6.45, 7) is 7.46. The first-order valence-electron chi connectivity index (χ1n) is 11.6. The van der Waals surface area contributed by atoms with E-state index in [0.717, 1.165) is 62.2 Å². The van der Waals surface area contributed by atoms with E-state index in [4.69, 9.17) is 14.5 Å². The van der Waals surface area contributed by atoms with E-state index in [1.165, 1.54) is 10.9 Å². The number of aliphatic imine (C=N–C) groups is 1. The summed E-state index contributed by atoms with van der Waals surface area (Å²) in [6.07, 6.45) is 1.85. The number of fused-ring (bicyclic) bond motifs is 1. The molecule has 1 atom stereocenters. The molecule has 1 aliphatic heterocycles. The number of rotatable bonds is 8. The first-order chi connectivity index (χ1) is 16.3. The highest BCUT2D eigenvalue weighted by Crippen LogP contribution is 2.24. The van der Waals surface area contributed by atoms with Gasteiger partial charge in [-0.05, 0) is 36.1 Å². The normalized spacial score (nSPS) is 15.4. The first kappa shape index (κ1) is 26.2. The Morgan fingerprint density at radius 3 is 2.59 bits per heavy atom. The Hall–Kier alpha value is -2.43. The SMILES string of the molecule is CCNC(=NCc1nccc2ccccc12)NCC(c1ccc(OC)cc1)N1CCOCC1.I. The molecule has 3 aromatic rings. The fourth-order valence-electron chi connectivity index (χ4n) is 4.17. The lowest BCUT2D eigenvalue weighted by Gasteiger charge is -2.35. The summed E-state index contributed by atoms with van der Waals surface area (Å²) in [7, 11) is 1.69. The standard InChI is InChI=1S/C26H33N5O2.HI/c1-3-27-26(29-18-24-23-7-5-4-6-20(23)12-13-28-24)30-19-25(31-14-16-33-17-15-31)21-8-10-22(32-2)11-9-21;/h4-13,25H,3,14-19H2,1-2H3,(H2,27,29,30);1H. The van der Waals surface area contributed by atoms with E-state index < -0.39 is 0 Å². The highest BCUT2D eigenvalue weighted by molar-refractivity contribution is 14.0. The van der Waals surface area contributed by atoms with E-state index in [0.29, 0.717) is 6.54 Å².